The van der Waals surface area contributed by atoms with Crippen LogP contribution in [0.4, 0.5) is 8.78 Å². The minimum Gasteiger partial charge on any atom is -0.470 e. The first-order valence-corrected chi connectivity index (χ1v) is 9.36. The zero-order valence-corrected chi connectivity index (χ0v) is 16.7. The molecule has 0 saturated heterocycles. The predicted octanol–water partition coefficient (Wildman–Crippen LogP) is 3.24. The van der Waals surface area contributed by atoms with Gasteiger partial charge in [-0.05, 0) is 24.6 Å². The van der Waals surface area contributed by atoms with Gasteiger partial charge in [-0.3, -0.25) is 14.5 Å². The number of hydrogen-bond donors (Lipinski definition) is 1. The lowest BCUT2D eigenvalue weighted by molar-refractivity contribution is -0.120. The van der Waals surface area contributed by atoms with Gasteiger partial charge in [-0.25, -0.2) is 13.8 Å². The molecular weight excluding hydrogens is 404 g/mol. The van der Waals surface area contributed by atoms with Crippen molar-refractivity contribution in [3.05, 3.63) is 47.0 Å². The maximum absolute atomic E-state index is 12.9. The molecule has 0 aliphatic rings. The molecule has 1 amide bonds. The van der Waals surface area contributed by atoms with E-state index < -0.39 is 12.5 Å². The Morgan fingerprint density at radius 3 is 2.86 bits per heavy atom. The van der Waals surface area contributed by atoms with Crippen molar-refractivity contribution in [2.75, 3.05) is 13.2 Å². The number of fused-ring (bicyclic) bond motifs is 1. The number of likely N-dealkylation sites (N-methyl/N-ethyl adjacent to an activating group) is 1. The Labute approximate surface area is 171 Å². The maximum atomic E-state index is 12.9. The lowest BCUT2D eigenvalue weighted by atomic mass is 10.2. The third-order valence-corrected chi connectivity index (χ3v) is 4.21. The van der Waals surface area contributed by atoms with Crippen molar-refractivity contribution >= 4 is 28.4 Å². The average molecular weight is 424 g/mol. The molecule has 3 aromatic heterocycles. The first-order chi connectivity index (χ1) is 13.7. The van der Waals surface area contributed by atoms with E-state index in [1.54, 1.807) is 29.2 Å². The summed E-state index contributed by atoms with van der Waals surface area (Å²) in [7, 11) is 0. The smallest absolute Gasteiger partial charge is 0.278 e. The topological polar surface area (TPSA) is 81.9 Å². The molecule has 0 aliphatic heterocycles. The Morgan fingerprint density at radius 1 is 1.38 bits per heavy atom. The molecule has 3 rings (SSSR count). The maximum Gasteiger partial charge on any atom is 0.278 e. The molecule has 0 aliphatic carbocycles. The van der Waals surface area contributed by atoms with E-state index >= 15 is 0 Å². The van der Waals surface area contributed by atoms with Crippen LogP contribution in [0.5, 0.6) is 5.88 Å². The van der Waals surface area contributed by atoms with Gasteiger partial charge in [-0.1, -0.05) is 11.6 Å². The number of amides is 1. The average Bonchev–Trinajstić information content (AvgIpc) is 3.04. The van der Waals surface area contributed by atoms with Crippen molar-refractivity contribution in [2.45, 2.75) is 32.7 Å². The molecule has 0 fully saturated rings. The summed E-state index contributed by atoms with van der Waals surface area (Å²) in [6.07, 6.45) is 5.07. The molecule has 0 atom stereocenters. The highest BCUT2D eigenvalue weighted by atomic mass is 35.5. The molecule has 0 spiro atoms. The van der Waals surface area contributed by atoms with E-state index in [1.165, 1.54) is 6.20 Å². The summed E-state index contributed by atoms with van der Waals surface area (Å²) in [4.78, 5) is 20.2. The molecule has 29 heavy (non-hydrogen) atoms. The van der Waals surface area contributed by atoms with Crippen LogP contribution in [-0.4, -0.2) is 44.7 Å². The summed E-state index contributed by atoms with van der Waals surface area (Å²) >= 11 is 6.10. The molecule has 1 N–H and O–H groups in total. The minimum atomic E-state index is -2.97. The van der Waals surface area contributed by atoms with Crippen molar-refractivity contribution in [3.8, 4) is 5.88 Å². The van der Waals surface area contributed by atoms with Crippen LogP contribution in [0.15, 0.2) is 30.7 Å². The molecule has 0 unspecified atom stereocenters. The number of aromatic nitrogens is 4. The van der Waals surface area contributed by atoms with Crippen LogP contribution in [0.1, 0.15) is 25.1 Å². The van der Waals surface area contributed by atoms with E-state index in [-0.39, 0.29) is 23.2 Å². The van der Waals surface area contributed by atoms with Crippen LogP contribution in [0.25, 0.3) is 10.9 Å². The van der Waals surface area contributed by atoms with Crippen LogP contribution in [0.3, 0.4) is 0 Å². The van der Waals surface area contributed by atoms with Gasteiger partial charge in [0.2, 0.25) is 11.8 Å². The van der Waals surface area contributed by atoms with E-state index in [0.717, 1.165) is 17.9 Å². The predicted molar refractivity (Wildman–Crippen MR) is 104 cm³/mol. The molecule has 3 heterocycles. The highest BCUT2D eigenvalue weighted by Gasteiger charge is 2.23. The number of pyridine rings is 2. The second kappa shape index (κ2) is 8.69. The van der Waals surface area contributed by atoms with Crippen LogP contribution in [-0.2, 0) is 17.8 Å². The number of halogens is 3. The molecule has 0 radical (unpaired) electrons. The number of rotatable bonds is 8. The highest BCUT2D eigenvalue weighted by molar-refractivity contribution is 6.31. The summed E-state index contributed by atoms with van der Waals surface area (Å²) in [5.41, 5.74) is 2.07. The van der Waals surface area contributed by atoms with Gasteiger partial charge >= 0.3 is 0 Å². The summed E-state index contributed by atoms with van der Waals surface area (Å²) in [6, 6.07) is 3.36. The molecule has 154 valence electrons. The molecular formula is C19H20ClF2N5O2. The van der Waals surface area contributed by atoms with Gasteiger partial charge in [0.1, 0.15) is 5.02 Å². The number of carbonyl (C=O) groups is 1. The number of nitrogens with zero attached hydrogens (tertiary/aromatic N) is 4. The largest absolute Gasteiger partial charge is 0.470 e. The fourth-order valence-electron chi connectivity index (χ4n) is 2.72. The normalized spacial score (nSPS) is 11.6. The summed E-state index contributed by atoms with van der Waals surface area (Å²) in [5.74, 6) is -3.13. The number of nitrogens with one attached hydrogen (secondary N) is 1. The Kier molecular flexibility index (Phi) is 6.26. The third-order valence-electron chi connectivity index (χ3n) is 3.94. The fourth-order valence-corrected chi connectivity index (χ4v) is 2.97. The first-order valence-electron chi connectivity index (χ1n) is 8.98. The Bertz CT molecular complexity index is 1020. The Balaban J connectivity index is 1.76. The zero-order chi connectivity index (χ0) is 21.0. The van der Waals surface area contributed by atoms with Gasteiger partial charge in [-0.15, -0.1) is 0 Å². The van der Waals surface area contributed by atoms with E-state index in [0.29, 0.717) is 24.3 Å². The fraction of sp³-hybridized carbons (Fsp3) is 0.368. The minimum absolute atomic E-state index is 0.0454. The number of ether oxygens (including phenoxy) is 1. The molecule has 3 aromatic rings. The van der Waals surface area contributed by atoms with Crippen molar-refractivity contribution in [1.82, 2.24) is 25.1 Å². The number of alkyl halides is 2. The van der Waals surface area contributed by atoms with Crippen LogP contribution < -0.4 is 10.1 Å². The monoisotopic (exact) mass is 423 g/mol. The summed E-state index contributed by atoms with van der Waals surface area (Å²) < 4.78 is 32.5. The van der Waals surface area contributed by atoms with Gasteiger partial charge in [-0.2, -0.15) is 5.10 Å². The first kappa shape index (κ1) is 20.9. The molecule has 7 nitrogen and oxygen atoms in total. The molecule has 10 heteroatoms. The van der Waals surface area contributed by atoms with Crippen LogP contribution in [0, 0.1) is 0 Å². The SMILES string of the molecule is CCNC(=O)Cc1nccc2nn(Cc3cnc(OCC(C)(F)F)c(Cl)c3)cc12. The van der Waals surface area contributed by atoms with E-state index in [4.69, 9.17) is 16.3 Å². The van der Waals surface area contributed by atoms with Crippen LogP contribution >= 0.6 is 11.6 Å². The van der Waals surface area contributed by atoms with Crippen molar-refractivity contribution in [2.24, 2.45) is 0 Å². The van der Waals surface area contributed by atoms with Gasteiger partial charge < -0.3 is 10.1 Å². The summed E-state index contributed by atoms with van der Waals surface area (Å²) in [6.45, 7) is 2.72. The van der Waals surface area contributed by atoms with Crippen molar-refractivity contribution in [3.63, 3.8) is 0 Å². The Hall–Kier alpha value is -2.81. The van der Waals surface area contributed by atoms with Crippen molar-refractivity contribution < 1.29 is 18.3 Å². The van der Waals surface area contributed by atoms with Gasteiger partial charge in [0.05, 0.1) is 24.2 Å². The van der Waals surface area contributed by atoms with E-state index in [1.807, 2.05) is 6.92 Å². The van der Waals surface area contributed by atoms with E-state index in [2.05, 4.69) is 20.4 Å². The standard InChI is InChI=1S/C19H20ClF2N5O2/c1-3-23-17(28)7-16-13-10-27(26-15(13)4-5-24-16)9-12-6-14(20)18(25-8-12)29-11-19(2,21)22/h4-6,8,10H,3,7,9,11H2,1-2H3,(H,23,28). The van der Waals surface area contributed by atoms with Crippen molar-refractivity contribution in [1.29, 1.82) is 0 Å². The number of carbonyl (C=O) groups excluding carboxylic acids is 1. The highest BCUT2D eigenvalue weighted by Crippen LogP contribution is 2.25. The van der Waals surface area contributed by atoms with Gasteiger partial charge in [0, 0.05) is 37.4 Å². The van der Waals surface area contributed by atoms with Crippen LogP contribution in [0.2, 0.25) is 5.02 Å². The molecule has 0 aromatic carbocycles. The van der Waals surface area contributed by atoms with E-state index in [9.17, 15) is 13.6 Å². The zero-order valence-electron chi connectivity index (χ0n) is 16.0. The lowest BCUT2D eigenvalue weighted by Crippen LogP contribution is -2.24. The molecule has 0 bridgehead atoms. The summed E-state index contributed by atoms with van der Waals surface area (Å²) in [5, 5.41) is 8.16. The lowest BCUT2D eigenvalue weighted by Gasteiger charge is -2.12. The molecule has 0 saturated carbocycles. The Morgan fingerprint density at radius 2 is 2.17 bits per heavy atom. The quantitative estimate of drug-likeness (QED) is 0.601. The second-order valence-corrected chi connectivity index (χ2v) is 7.04. The van der Waals surface area contributed by atoms with Gasteiger partial charge in [0.15, 0.2) is 6.61 Å². The third kappa shape index (κ3) is 5.60. The number of hydrogen-bond acceptors (Lipinski definition) is 5. The van der Waals surface area contributed by atoms with Gasteiger partial charge in [0.25, 0.3) is 5.92 Å². The second-order valence-electron chi connectivity index (χ2n) is 6.64.